The number of methoxy groups -OCH3 is 1. The second kappa shape index (κ2) is 12.3. The zero-order valence-electron chi connectivity index (χ0n) is 22.2. The molecule has 0 radical (unpaired) electrons. The van der Waals surface area contributed by atoms with Crippen molar-refractivity contribution in [3.8, 4) is 5.75 Å². The molecule has 2 heterocycles. The van der Waals surface area contributed by atoms with Crippen molar-refractivity contribution in [3.05, 3.63) is 64.9 Å². The van der Waals surface area contributed by atoms with Gasteiger partial charge >= 0.3 is 5.97 Å². The fourth-order valence-corrected chi connectivity index (χ4v) is 5.52. The summed E-state index contributed by atoms with van der Waals surface area (Å²) in [5.74, 6) is 0.248. The molecule has 2 aromatic rings. The molecular weight excluding hydrogens is 502 g/mol. The van der Waals surface area contributed by atoms with Gasteiger partial charge < -0.3 is 14.4 Å². The predicted octanol–water partition coefficient (Wildman–Crippen LogP) is 4.59. The number of carbonyl (C=O) groups is 3. The molecule has 200 valence electrons. The molecule has 1 fully saturated rings. The molecule has 2 amide bonds. The fraction of sp³-hybridized carbons (Fsp3) is 0.379. The number of amides is 2. The summed E-state index contributed by atoms with van der Waals surface area (Å²) in [7, 11) is 1.60. The normalized spacial score (nSPS) is 17.1. The van der Waals surface area contributed by atoms with E-state index in [-0.39, 0.29) is 29.5 Å². The van der Waals surface area contributed by atoms with E-state index in [4.69, 9.17) is 9.47 Å². The number of amidine groups is 1. The Kier molecular flexibility index (Phi) is 8.89. The summed E-state index contributed by atoms with van der Waals surface area (Å²) < 4.78 is 10.3. The van der Waals surface area contributed by atoms with Crippen molar-refractivity contribution in [2.24, 2.45) is 10.9 Å². The molecule has 2 aliphatic rings. The maximum Gasteiger partial charge on any atom is 0.309 e. The lowest BCUT2D eigenvalue weighted by molar-refractivity contribution is -0.151. The summed E-state index contributed by atoms with van der Waals surface area (Å²) in [4.78, 5) is 46.6. The van der Waals surface area contributed by atoms with Gasteiger partial charge in [0.2, 0.25) is 5.91 Å². The minimum atomic E-state index is -0.240. The second-order valence-corrected chi connectivity index (χ2v) is 10.3. The number of hydrogen-bond donors (Lipinski definition) is 0. The van der Waals surface area contributed by atoms with E-state index in [0.29, 0.717) is 43.4 Å². The number of thioether (sulfide) groups is 1. The van der Waals surface area contributed by atoms with Crippen LogP contribution in [0.2, 0.25) is 0 Å². The highest BCUT2D eigenvalue weighted by atomic mass is 32.2. The lowest BCUT2D eigenvalue weighted by atomic mass is 9.97. The maximum atomic E-state index is 13.5. The van der Waals surface area contributed by atoms with E-state index in [9.17, 15) is 14.4 Å². The molecule has 0 N–H and O–H groups in total. The summed E-state index contributed by atoms with van der Waals surface area (Å²) >= 11 is 1.25. The lowest BCUT2D eigenvalue weighted by Crippen LogP contribution is -2.42. The third-order valence-electron chi connectivity index (χ3n) is 6.51. The van der Waals surface area contributed by atoms with Crippen molar-refractivity contribution in [1.82, 2.24) is 4.90 Å². The van der Waals surface area contributed by atoms with Crippen LogP contribution in [0.3, 0.4) is 0 Å². The van der Waals surface area contributed by atoms with Gasteiger partial charge in [0.05, 0.1) is 31.1 Å². The number of ether oxygens (including phenoxy) is 2. The first-order chi connectivity index (χ1) is 18.3. The van der Waals surface area contributed by atoms with E-state index in [0.717, 1.165) is 28.1 Å². The third-order valence-corrected chi connectivity index (χ3v) is 7.43. The van der Waals surface area contributed by atoms with Crippen molar-refractivity contribution in [3.63, 3.8) is 0 Å². The van der Waals surface area contributed by atoms with Crippen LogP contribution in [-0.2, 0) is 19.1 Å². The van der Waals surface area contributed by atoms with Crippen molar-refractivity contribution in [1.29, 1.82) is 0 Å². The van der Waals surface area contributed by atoms with E-state index in [1.165, 1.54) is 11.8 Å². The molecule has 9 heteroatoms. The molecule has 4 rings (SSSR count). The van der Waals surface area contributed by atoms with Crippen LogP contribution in [0.5, 0.6) is 5.75 Å². The number of aryl methyl sites for hydroxylation is 2. The highest BCUT2D eigenvalue weighted by molar-refractivity contribution is 8.14. The van der Waals surface area contributed by atoms with Crippen LogP contribution < -0.4 is 9.64 Å². The highest BCUT2D eigenvalue weighted by Gasteiger charge is 2.34. The van der Waals surface area contributed by atoms with Crippen LogP contribution in [0.15, 0.2) is 53.2 Å². The van der Waals surface area contributed by atoms with Crippen LogP contribution in [0.25, 0.3) is 6.08 Å². The molecule has 0 aromatic heterocycles. The Morgan fingerprint density at radius 3 is 2.34 bits per heavy atom. The van der Waals surface area contributed by atoms with Crippen LogP contribution in [0, 0.1) is 19.8 Å². The number of piperidine rings is 1. The zero-order chi connectivity index (χ0) is 27.2. The molecule has 1 saturated heterocycles. The number of nitrogens with zero attached hydrogens (tertiary/aromatic N) is 3. The predicted molar refractivity (Wildman–Crippen MR) is 150 cm³/mol. The molecule has 2 aliphatic heterocycles. The average molecular weight is 536 g/mol. The minimum absolute atomic E-state index is 0.0413. The molecule has 0 aliphatic carbocycles. The minimum Gasteiger partial charge on any atom is -0.497 e. The van der Waals surface area contributed by atoms with Crippen LogP contribution in [0.1, 0.15) is 36.5 Å². The molecule has 38 heavy (non-hydrogen) atoms. The summed E-state index contributed by atoms with van der Waals surface area (Å²) in [6.07, 6.45) is 2.93. The van der Waals surface area contributed by atoms with Crippen LogP contribution in [0.4, 0.5) is 5.69 Å². The number of aliphatic imine (C=N–C) groups is 1. The van der Waals surface area contributed by atoms with Crippen molar-refractivity contribution >= 4 is 46.5 Å². The maximum absolute atomic E-state index is 13.5. The summed E-state index contributed by atoms with van der Waals surface area (Å²) in [5, 5.41) is 0.467. The van der Waals surface area contributed by atoms with E-state index < -0.39 is 0 Å². The summed E-state index contributed by atoms with van der Waals surface area (Å²) in [6.45, 7) is 7.15. The van der Waals surface area contributed by atoms with Gasteiger partial charge in [-0.1, -0.05) is 30.0 Å². The van der Waals surface area contributed by atoms with E-state index in [2.05, 4.69) is 4.99 Å². The second-order valence-electron chi connectivity index (χ2n) is 9.38. The van der Waals surface area contributed by atoms with Gasteiger partial charge in [-0.2, -0.15) is 0 Å². The Morgan fingerprint density at radius 2 is 1.74 bits per heavy atom. The van der Waals surface area contributed by atoms with Gasteiger partial charge in [0.25, 0.3) is 5.91 Å². The number of benzene rings is 2. The summed E-state index contributed by atoms with van der Waals surface area (Å²) in [5.41, 5.74) is 3.92. The Balaban J connectivity index is 1.51. The fourth-order valence-electron chi connectivity index (χ4n) is 4.60. The Bertz CT molecular complexity index is 1240. The number of esters is 1. The van der Waals surface area contributed by atoms with E-state index >= 15 is 0 Å². The average Bonchev–Trinajstić information content (AvgIpc) is 3.22. The van der Waals surface area contributed by atoms with Gasteiger partial charge in [0.1, 0.15) is 11.4 Å². The first-order valence-electron chi connectivity index (χ1n) is 12.7. The number of likely N-dealkylation sites (tertiary alicyclic amines) is 1. The van der Waals surface area contributed by atoms with Gasteiger partial charge in [0.15, 0.2) is 5.17 Å². The number of carbonyl (C=O) groups excluding carboxylic acids is 3. The standard InChI is InChI=1S/C29H33N3O5S/c1-5-37-28(35)22-10-12-31(13-11-22)26(33)18-38-29-30-25(17-21-6-8-24(36-4)9-7-21)27(34)32(29)23-15-19(2)14-20(3)16-23/h6-9,14-17,22H,5,10-13,18H2,1-4H3/b25-17+. The molecule has 2 aromatic carbocycles. The van der Waals surface area contributed by atoms with Gasteiger partial charge in [0, 0.05) is 13.1 Å². The lowest BCUT2D eigenvalue weighted by Gasteiger charge is -2.31. The largest absolute Gasteiger partial charge is 0.497 e. The smallest absolute Gasteiger partial charge is 0.309 e. The van der Waals surface area contributed by atoms with Gasteiger partial charge in [-0.25, -0.2) is 4.99 Å². The van der Waals surface area contributed by atoms with Crippen molar-refractivity contribution < 1.29 is 23.9 Å². The van der Waals surface area contributed by atoms with Gasteiger partial charge in [-0.15, -0.1) is 0 Å². The molecule has 0 atom stereocenters. The Hall–Kier alpha value is -3.59. The van der Waals surface area contributed by atoms with Crippen molar-refractivity contribution in [2.45, 2.75) is 33.6 Å². The van der Waals surface area contributed by atoms with Gasteiger partial charge in [-0.3, -0.25) is 19.3 Å². The van der Waals surface area contributed by atoms with Crippen LogP contribution >= 0.6 is 11.8 Å². The zero-order valence-corrected chi connectivity index (χ0v) is 23.0. The first-order valence-corrected chi connectivity index (χ1v) is 13.7. The monoisotopic (exact) mass is 535 g/mol. The molecule has 8 nitrogen and oxygen atoms in total. The SMILES string of the molecule is CCOC(=O)C1CCN(C(=O)CSC2=N/C(=C/c3ccc(OC)cc3)C(=O)N2c2cc(C)cc(C)c2)CC1. The van der Waals surface area contributed by atoms with Crippen LogP contribution in [-0.4, -0.2) is 60.4 Å². The summed E-state index contributed by atoms with van der Waals surface area (Å²) in [6, 6.07) is 13.3. The van der Waals surface area contributed by atoms with E-state index in [1.807, 2.05) is 56.3 Å². The van der Waals surface area contributed by atoms with Gasteiger partial charge in [-0.05, 0) is 80.6 Å². The molecule has 0 bridgehead atoms. The topological polar surface area (TPSA) is 88.5 Å². The quantitative estimate of drug-likeness (QED) is 0.381. The number of rotatable bonds is 7. The molecule has 0 saturated carbocycles. The Morgan fingerprint density at radius 1 is 1.08 bits per heavy atom. The highest BCUT2D eigenvalue weighted by Crippen LogP contribution is 2.31. The third kappa shape index (κ3) is 6.45. The van der Waals surface area contributed by atoms with E-state index in [1.54, 1.807) is 29.9 Å². The van der Waals surface area contributed by atoms with Crippen molar-refractivity contribution in [2.75, 3.05) is 37.5 Å². The number of hydrogen-bond acceptors (Lipinski definition) is 7. The number of anilines is 1. The molecule has 0 spiro atoms. The Labute approximate surface area is 227 Å². The molecular formula is C29H33N3O5S. The molecule has 0 unspecified atom stereocenters. The first kappa shape index (κ1) is 27.4.